The molecule has 24 heavy (non-hydrogen) atoms. The Morgan fingerprint density at radius 1 is 1.12 bits per heavy atom. The van der Waals surface area contributed by atoms with Crippen LogP contribution in [0.5, 0.6) is 0 Å². The van der Waals surface area contributed by atoms with Gasteiger partial charge < -0.3 is 10.4 Å². The Morgan fingerprint density at radius 3 is 2.42 bits per heavy atom. The van der Waals surface area contributed by atoms with Gasteiger partial charge in [0.1, 0.15) is 5.82 Å². The minimum absolute atomic E-state index is 0.166. The van der Waals surface area contributed by atoms with Crippen molar-refractivity contribution in [2.45, 2.75) is 0 Å². The first-order valence-corrected chi connectivity index (χ1v) is 7.71. The zero-order valence-electron chi connectivity index (χ0n) is 12.2. The molecule has 2 aromatic carbocycles. The molecule has 1 amide bonds. The van der Waals surface area contributed by atoms with Gasteiger partial charge in [-0.2, -0.15) is 0 Å². The second kappa shape index (κ2) is 6.67. The van der Waals surface area contributed by atoms with Crippen LogP contribution in [0.2, 0.25) is 0 Å². The number of carbonyl (C=O) groups is 2. The lowest BCUT2D eigenvalue weighted by molar-refractivity contribution is -0.115. The van der Waals surface area contributed by atoms with Crippen LogP contribution in [-0.4, -0.2) is 22.2 Å². The Balaban J connectivity index is 1.78. The molecular formula is C17H11FN2O3S. The van der Waals surface area contributed by atoms with Crippen molar-refractivity contribution >= 4 is 40.6 Å². The number of nitrogens with one attached hydrogen (secondary N) is 1. The van der Waals surface area contributed by atoms with Gasteiger partial charge in [-0.15, -0.1) is 0 Å². The second-order valence-corrected chi connectivity index (χ2v) is 5.92. The standard InChI is InChI=1S/C17H11FN2O3S/c18-12-5-1-10(2-6-12)9-14-15(21)20-17(24-14)19-13-7-3-11(4-8-13)16(22)23/h1-9H,(H,22,23)(H,19,20,21)/b14-9-. The third-order valence-corrected chi connectivity index (χ3v) is 4.07. The predicted octanol–water partition coefficient (Wildman–Crippen LogP) is 3.42. The Labute approximate surface area is 140 Å². The maximum Gasteiger partial charge on any atom is 0.335 e. The van der Waals surface area contributed by atoms with Crippen molar-refractivity contribution in [1.29, 1.82) is 0 Å². The van der Waals surface area contributed by atoms with Crippen LogP contribution in [0.15, 0.2) is 58.4 Å². The Bertz CT molecular complexity index is 858. The van der Waals surface area contributed by atoms with E-state index in [-0.39, 0.29) is 17.3 Å². The molecule has 2 aromatic rings. The van der Waals surface area contributed by atoms with Crippen molar-refractivity contribution in [3.05, 3.63) is 70.4 Å². The summed E-state index contributed by atoms with van der Waals surface area (Å²) >= 11 is 1.16. The van der Waals surface area contributed by atoms with Gasteiger partial charge >= 0.3 is 5.97 Å². The summed E-state index contributed by atoms with van der Waals surface area (Å²) in [5.41, 5.74) is 1.41. The van der Waals surface area contributed by atoms with Crippen LogP contribution >= 0.6 is 11.8 Å². The average molecular weight is 342 g/mol. The number of amides is 1. The SMILES string of the molecule is O=C1NC(=Nc2ccc(C(=O)O)cc2)S/C1=C\c1ccc(F)cc1. The van der Waals surface area contributed by atoms with Crippen molar-refractivity contribution in [3.8, 4) is 0 Å². The zero-order valence-corrected chi connectivity index (χ0v) is 13.0. The Morgan fingerprint density at radius 2 is 1.79 bits per heavy atom. The summed E-state index contributed by atoms with van der Waals surface area (Å²) in [5.74, 6) is -1.64. The molecule has 2 N–H and O–H groups in total. The molecule has 0 aliphatic carbocycles. The maximum absolute atomic E-state index is 12.9. The molecule has 0 unspecified atom stereocenters. The lowest BCUT2D eigenvalue weighted by atomic mass is 10.2. The number of hydrogen-bond acceptors (Lipinski definition) is 4. The van der Waals surface area contributed by atoms with Gasteiger partial charge in [0, 0.05) is 0 Å². The number of benzene rings is 2. The lowest BCUT2D eigenvalue weighted by Crippen LogP contribution is -2.19. The highest BCUT2D eigenvalue weighted by Gasteiger charge is 2.23. The highest BCUT2D eigenvalue weighted by molar-refractivity contribution is 8.18. The van der Waals surface area contributed by atoms with E-state index >= 15 is 0 Å². The Kier molecular flexibility index (Phi) is 4.43. The molecule has 120 valence electrons. The van der Waals surface area contributed by atoms with Crippen LogP contribution < -0.4 is 5.32 Å². The van der Waals surface area contributed by atoms with Gasteiger partial charge in [-0.1, -0.05) is 12.1 Å². The van der Waals surface area contributed by atoms with E-state index in [4.69, 9.17) is 5.11 Å². The summed E-state index contributed by atoms with van der Waals surface area (Å²) in [4.78, 5) is 27.5. The number of rotatable bonds is 3. The highest BCUT2D eigenvalue weighted by Crippen LogP contribution is 2.28. The number of aliphatic imine (C=N–C) groups is 1. The zero-order chi connectivity index (χ0) is 17.1. The normalized spacial score (nSPS) is 17.3. The topological polar surface area (TPSA) is 78.8 Å². The van der Waals surface area contributed by atoms with E-state index in [1.807, 2.05) is 0 Å². The molecule has 0 atom stereocenters. The maximum atomic E-state index is 12.9. The molecular weight excluding hydrogens is 331 g/mol. The minimum atomic E-state index is -1.01. The summed E-state index contributed by atoms with van der Waals surface area (Å²) in [5, 5.41) is 11.9. The fourth-order valence-electron chi connectivity index (χ4n) is 1.99. The quantitative estimate of drug-likeness (QED) is 0.838. The fourth-order valence-corrected chi connectivity index (χ4v) is 2.83. The van der Waals surface area contributed by atoms with E-state index in [9.17, 15) is 14.0 Å². The number of carboxylic acid groups (broad SMARTS) is 1. The predicted molar refractivity (Wildman–Crippen MR) is 90.6 cm³/mol. The van der Waals surface area contributed by atoms with Crippen molar-refractivity contribution in [2.24, 2.45) is 4.99 Å². The number of aromatic carboxylic acids is 1. The van der Waals surface area contributed by atoms with Crippen molar-refractivity contribution < 1.29 is 19.1 Å². The Hall–Kier alpha value is -2.93. The van der Waals surface area contributed by atoms with Crippen LogP contribution in [0.3, 0.4) is 0 Å². The molecule has 7 heteroatoms. The number of nitrogens with zero attached hydrogens (tertiary/aromatic N) is 1. The van der Waals surface area contributed by atoms with E-state index in [2.05, 4.69) is 10.3 Å². The van der Waals surface area contributed by atoms with Crippen molar-refractivity contribution in [2.75, 3.05) is 0 Å². The van der Waals surface area contributed by atoms with Gasteiger partial charge in [0.25, 0.3) is 5.91 Å². The van der Waals surface area contributed by atoms with Gasteiger partial charge in [0.15, 0.2) is 5.17 Å². The number of thioether (sulfide) groups is 1. The molecule has 1 fully saturated rings. The molecule has 1 saturated heterocycles. The molecule has 5 nitrogen and oxygen atoms in total. The molecule has 1 heterocycles. The number of hydrogen-bond donors (Lipinski definition) is 2. The average Bonchev–Trinajstić information content (AvgIpc) is 2.89. The third kappa shape index (κ3) is 3.69. The summed E-state index contributed by atoms with van der Waals surface area (Å²) in [6, 6.07) is 11.8. The van der Waals surface area contributed by atoms with Gasteiger partial charge in [0.05, 0.1) is 16.2 Å². The van der Waals surface area contributed by atoms with Gasteiger partial charge in [0.2, 0.25) is 0 Å². The lowest BCUT2D eigenvalue weighted by Gasteiger charge is -1.97. The van der Waals surface area contributed by atoms with Crippen LogP contribution in [0.4, 0.5) is 10.1 Å². The van der Waals surface area contributed by atoms with E-state index in [0.717, 1.165) is 11.8 Å². The van der Waals surface area contributed by atoms with E-state index in [0.29, 0.717) is 21.3 Å². The molecule has 0 bridgehead atoms. The number of carboxylic acids is 1. The summed E-state index contributed by atoms with van der Waals surface area (Å²) in [6.07, 6.45) is 1.65. The van der Waals surface area contributed by atoms with Gasteiger partial charge in [-0.25, -0.2) is 14.2 Å². The monoisotopic (exact) mass is 342 g/mol. The molecule has 0 radical (unpaired) electrons. The smallest absolute Gasteiger partial charge is 0.335 e. The van der Waals surface area contributed by atoms with Gasteiger partial charge in [-0.05, 0) is 59.8 Å². The molecule has 3 rings (SSSR count). The van der Waals surface area contributed by atoms with E-state index in [1.165, 1.54) is 24.3 Å². The summed E-state index contributed by atoms with van der Waals surface area (Å²) in [6.45, 7) is 0. The minimum Gasteiger partial charge on any atom is -0.478 e. The first kappa shape index (κ1) is 15.9. The van der Waals surface area contributed by atoms with Crippen LogP contribution in [0, 0.1) is 5.82 Å². The second-order valence-electron chi connectivity index (χ2n) is 4.89. The number of halogens is 1. The van der Waals surface area contributed by atoms with E-state index in [1.54, 1.807) is 30.3 Å². The highest BCUT2D eigenvalue weighted by atomic mass is 32.2. The molecule has 0 aromatic heterocycles. The molecule has 1 aliphatic heterocycles. The molecule has 0 spiro atoms. The van der Waals surface area contributed by atoms with E-state index < -0.39 is 5.97 Å². The van der Waals surface area contributed by atoms with Crippen LogP contribution in [-0.2, 0) is 4.79 Å². The third-order valence-electron chi connectivity index (χ3n) is 3.16. The van der Waals surface area contributed by atoms with Crippen molar-refractivity contribution in [3.63, 3.8) is 0 Å². The van der Waals surface area contributed by atoms with Crippen LogP contribution in [0.1, 0.15) is 15.9 Å². The van der Waals surface area contributed by atoms with Crippen molar-refractivity contribution in [1.82, 2.24) is 5.32 Å². The summed E-state index contributed by atoms with van der Waals surface area (Å²) in [7, 11) is 0. The first-order chi connectivity index (χ1) is 11.5. The van der Waals surface area contributed by atoms with Gasteiger partial charge in [-0.3, -0.25) is 4.79 Å². The molecule has 0 saturated carbocycles. The fraction of sp³-hybridized carbons (Fsp3) is 0. The molecule has 1 aliphatic rings. The number of amidine groups is 1. The first-order valence-electron chi connectivity index (χ1n) is 6.90. The largest absolute Gasteiger partial charge is 0.478 e. The number of carbonyl (C=O) groups excluding carboxylic acids is 1. The van der Waals surface area contributed by atoms with Crippen LogP contribution in [0.25, 0.3) is 6.08 Å². The summed E-state index contributed by atoms with van der Waals surface area (Å²) < 4.78 is 12.9.